The van der Waals surface area contributed by atoms with Gasteiger partial charge in [0, 0.05) is 17.1 Å². The molecule has 0 aliphatic heterocycles. The summed E-state index contributed by atoms with van der Waals surface area (Å²) in [4.78, 5) is 8.09. The van der Waals surface area contributed by atoms with Gasteiger partial charge in [-0.3, -0.25) is 0 Å². The fraction of sp³-hybridized carbons (Fsp3) is 0. The van der Waals surface area contributed by atoms with Crippen LogP contribution in [0.15, 0.2) is 40.8 Å². The van der Waals surface area contributed by atoms with Gasteiger partial charge >= 0.3 is 0 Å². The Morgan fingerprint density at radius 3 is 2.64 bits per heavy atom. The van der Waals surface area contributed by atoms with E-state index in [1.165, 1.54) is 0 Å². The van der Waals surface area contributed by atoms with Crippen molar-refractivity contribution in [3.05, 3.63) is 35.8 Å². The first kappa shape index (κ1) is 9.21. The van der Waals surface area contributed by atoms with E-state index in [4.69, 9.17) is 0 Å². The van der Waals surface area contributed by atoms with E-state index >= 15 is 0 Å². The quantitative estimate of drug-likeness (QED) is 0.569. The van der Waals surface area contributed by atoms with Crippen molar-refractivity contribution in [2.24, 2.45) is 4.99 Å². The molecule has 0 aliphatic rings. The molecule has 0 saturated heterocycles. The van der Waals surface area contributed by atoms with Crippen LogP contribution < -0.4 is 0 Å². The van der Waals surface area contributed by atoms with Gasteiger partial charge in [0.1, 0.15) is 5.01 Å². The van der Waals surface area contributed by atoms with Crippen molar-refractivity contribution in [1.82, 2.24) is 4.98 Å². The standard InChI is InChI=1S/C10H6N2S2/c13-7-12-9-3-1-8(2-4-9)10-11-5-6-14-10/h1-6H. The average Bonchev–Trinajstić information content (AvgIpc) is 2.72. The number of rotatable bonds is 2. The molecule has 1 aromatic carbocycles. The normalized spacial score (nSPS) is 9.43. The second-order valence-corrected chi connectivity index (χ2v) is 3.66. The zero-order valence-corrected chi connectivity index (χ0v) is 8.81. The first-order chi connectivity index (χ1) is 6.90. The summed E-state index contributed by atoms with van der Waals surface area (Å²) >= 11 is 6.14. The molecule has 0 spiro atoms. The lowest BCUT2D eigenvalue weighted by molar-refractivity contribution is 1.41. The molecule has 2 nitrogen and oxygen atoms in total. The van der Waals surface area contributed by atoms with Crippen molar-refractivity contribution < 1.29 is 0 Å². The van der Waals surface area contributed by atoms with Crippen LogP contribution in [0.25, 0.3) is 10.6 Å². The number of nitrogens with zero attached hydrogens (tertiary/aromatic N) is 2. The van der Waals surface area contributed by atoms with Crippen molar-refractivity contribution in [3.8, 4) is 10.6 Å². The Morgan fingerprint density at radius 2 is 2.07 bits per heavy atom. The highest BCUT2D eigenvalue weighted by atomic mass is 32.1. The Morgan fingerprint density at radius 1 is 1.29 bits per heavy atom. The Labute approximate surface area is 91.0 Å². The number of benzene rings is 1. The predicted octanol–water partition coefficient (Wildman–Crippen LogP) is 3.54. The number of hydrogen-bond acceptors (Lipinski definition) is 4. The number of thiocarbonyl (C=S) groups is 1. The lowest BCUT2D eigenvalue weighted by Crippen LogP contribution is -1.73. The maximum Gasteiger partial charge on any atom is 0.123 e. The zero-order valence-electron chi connectivity index (χ0n) is 7.18. The third kappa shape index (κ3) is 1.93. The molecular weight excluding hydrogens is 212 g/mol. The number of aromatic nitrogens is 1. The van der Waals surface area contributed by atoms with E-state index in [2.05, 4.69) is 27.4 Å². The summed E-state index contributed by atoms with van der Waals surface area (Å²) in [7, 11) is 0. The second-order valence-electron chi connectivity index (χ2n) is 2.59. The molecule has 1 heterocycles. The smallest absolute Gasteiger partial charge is 0.123 e. The summed E-state index contributed by atoms with van der Waals surface area (Å²) in [6, 6.07) is 7.75. The molecular formula is C10H6N2S2. The van der Waals surface area contributed by atoms with Gasteiger partial charge in [0.05, 0.1) is 10.8 Å². The Hall–Kier alpha value is -1.35. The molecule has 0 radical (unpaired) electrons. The highest BCUT2D eigenvalue weighted by Crippen LogP contribution is 2.23. The van der Waals surface area contributed by atoms with E-state index in [1.54, 1.807) is 17.5 Å². The Kier molecular flexibility index (Phi) is 2.79. The van der Waals surface area contributed by atoms with Crippen LogP contribution in [0, 0.1) is 0 Å². The minimum atomic E-state index is 0.820. The van der Waals surface area contributed by atoms with Crippen molar-refractivity contribution in [1.29, 1.82) is 0 Å². The summed E-state index contributed by atoms with van der Waals surface area (Å²) < 4.78 is 0. The number of aliphatic imine (C=N–C) groups is 1. The molecule has 68 valence electrons. The molecule has 0 N–H and O–H groups in total. The van der Waals surface area contributed by atoms with Crippen LogP contribution in [-0.2, 0) is 0 Å². The van der Waals surface area contributed by atoms with Crippen LogP contribution in [0.3, 0.4) is 0 Å². The van der Waals surface area contributed by atoms with E-state index in [-0.39, 0.29) is 0 Å². The maximum absolute atomic E-state index is 4.52. The largest absolute Gasteiger partial charge is 0.245 e. The Bertz CT molecular complexity index is 453. The van der Waals surface area contributed by atoms with E-state index in [1.807, 2.05) is 29.6 Å². The predicted molar refractivity (Wildman–Crippen MR) is 62.2 cm³/mol. The van der Waals surface area contributed by atoms with Crippen molar-refractivity contribution in [2.75, 3.05) is 0 Å². The SMILES string of the molecule is S=C=Nc1ccc(-c2nccs2)cc1. The van der Waals surface area contributed by atoms with E-state index < -0.39 is 0 Å². The third-order valence-corrected chi connectivity index (χ3v) is 2.63. The lowest BCUT2D eigenvalue weighted by Gasteiger charge is -1.95. The van der Waals surface area contributed by atoms with E-state index in [0.717, 1.165) is 16.3 Å². The number of isothiocyanates is 1. The van der Waals surface area contributed by atoms with Gasteiger partial charge in [-0.15, -0.1) is 11.3 Å². The highest BCUT2D eigenvalue weighted by Gasteiger charge is 1.98. The first-order valence-corrected chi connectivity index (χ1v) is 5.27. The van der Waals surface area contributed by atoms with Gasteiger partial charge in [0.25, 0.3) is 0 Å². The van der Waals surface area contributed by atoms with E-state index in [0.29, 0.717) is 0 Å². The van der Waals surface area contributed by atoms with Gasteiger partial charge in [-0.2, -0.15) is 4.99 Å². The number of thiazole rings is 1. The lowest BCUT2D eigenvalue weighted by atomic mass is 10.2. The van der Waals surface area contributed by atoms with Gasteiger partial charge in [-0.05, 0) is 36.5 Å². The maximum atomic E-state index is 4.52. The topological polar surface area (TPSA) is 25.2 Å². The fourth-order valence-corrected chi connectivity index (χ4v) is 1.85. The van der Waals surface area contributed by atoms with Crippen LogP contribution in [0.5, 0.6) is 0 Å². The second kappa shape index (κ2) is 4.24. The summed E-state index contributed by atoms with van der Waals surface area (Å²) in [5.74, 6) is 0. The summed E-state index contributed by atoms with van der Waals surface area (Å²) in [5, 5.41) is 5.31. The fourth-order valence-electron chi connectivity index (χ4n) is 1.10. The summed E-state index contributed by atoms with van der Waals surface area (Å²) in [6.07, 6.45) is 1.79. The summed E-state index contributed by atoms with van der Waals surface area (Å²) in [5.41, 5.74) is 1.92. The molecule has 2 aromatic rings. The molecule has 0 atom stereocenters. The summed E-state index contributed by atoms with van der Waals surface area (Å²) in [6.45, 7) is 0. The third-order valence-electron chi connectivity index (χ3n) is 1.72. The van der Waals surface area contributed by atoms with Crippen LogP contribution in [0.4, 0.5) is 5.69 Å². The van der Waals surface area contributed by atoms with Gasteiger partial charge in [-0.1, -0.05) is 0 Å². The molecule has 0 saturated carbocycles. The van der Waals surface area contributed by atoms with Crippen LogP contribution >= 0.6 is 23.6 Å². The molecule has 0 bridgehead atoms. The molecule has 0 fully saturated rings. The molecule has 1 aromatic heterocycles. The molecule has 0 unspecified atom stereocenters. The monoisotopic (exact) mass is 218 g/mol. The van der Waals surface area contributed by atoms with E-state index in [9.17, 15) is 0 Å². The average molecular weight is 218 g/mol. The van der Waals surface area contributed by atoms with Gasteiger partial charge in [0.15, 0.2) is 0 Å². The molecule has 0 aliphatic carbocycles. The minimum absolute atomic E-state index is 0.820. The number of hydrogen-bond donors (Lipinski definition) is 0. The van der Waals surface area contributed by atoms with Crippen molar-refractivity contribution in [2.45, 2.75) is 0 Å². The van der Waals surface area contributed by atoms with Gasteiger partial charge < -0.3 is 0 Å². The van der Waals surface area contributed by atoms with Crippen molar-refractivity contribution in [3.63, 3.8) is 0 Å². The van der Waals surface area contributed by atoms with Crippen LogP contribution in [0.2, 0.25) is 0 Å². The molecule has 2 rings (SSSR count). The first-order valence-electron chi connectivity index (χ1n) is 3.98. The van der Waals surface area contributed by atoms with Crippen LogP contribution in [-0.4, -0.2) is 10.1 Å². The zero-order chi connectivity index (χ0) is 9.80. The van der Waals surface area contributed by atoms with Gasteiger partial charge in [0.2, 0.25) is 0 Å². The molecule has 14 heavy (non-hydrogen) atoms. The highest BCUT2D eigenvalue weighted by molar-refractivity contribution is 7.78. The molecule has 4 heteroatoms. The molecule has 0 amide bonds. The van der Waals surface area contributed by atoms with Gasteiger partial charge in [-0.25, -0.2) is 4.98 Å². The van der Waals surface area contributed by atoms with Crippen LogP contribution in [0.1, 0.15) is 0 Å². The van der Waals surface area contributed by atoms with Crippen molar-refractivity contribution >= 4 is 34.4 Å². The minimum Gasteiger partial charge on any atom is -0.245 e. The Balaban J connectivity index is 2.35.